The van der Waals surface area contributed by atoms with Crippen LogP contribution in [0.3, 0.4) is 0 Å². The molecule has 6 nitrogen and oxygen atoms in total. The van der Waals surface area contributed by atoms with Crippen LogP contribution in [0.15, 0.2) is 11.1 Å². The summed E-state index contributed by atoms with van der Waals surface area (Å²) >= 11 is 0. The third-order valence-corrected chi connectivity index (χ3v) is 2.63. The van der Waals surface area contributed by atoms with Gasteiger partial charge in [0.1, 0.15) is 5.69 Å². The zero-order valence-corrected chi connectivity index (χ0v) is 8.31. The van der Waals surface area contributed by atoms with Crippen molar-refractivity contribution in [1.29, 1.82) is 0 Å². The fourth-order valence-corrected chi connectivity index (χ4v) is 1.73. The number of nitrogens with one attached hydrogen (secondary N) is 1. The molecule has 2 rings (SSSR count). The molecule has 0 unspecified atom stereocenters. The Hall–Kier alpha value is -1.56. The van der Waals surface area contributed by atoms with Crippen LogP contribution in [0.1, 0.15) is 12.8 Å². The highest BCUT2D eigenvalue weighted by Crippen LogP contribution is 2.20. The van der Waals surface area contributed by atoms with Gasteiger partial charge in [-0.15, -0.1) is 0 Å². The van der Waals surface area contributed by atoms with Crippen LogP contribution in [0.5, 0.6) is 0 Å². The minimum atomic E-state index is -0.314. The van der Waals surface area contributed by atoms with Gasteiger partial charge in [0, 0.05) is 13.1 Å². The lowest BCUT2D eigenvalue weighted by molar-refractivity contribution is 0.145. The van der Waals surface area contributed by atoms with Crippen LogP contribution in [0.2, 0.25) is 0 Å². The molecule has 0 aliphatic carbocycles. The number of rotatable bonds is 1. The van der Waals surface area contributed by atoms with Gasteiger partial charge in [-0.05, 0) is 12.8 Å². The van der Waals surface area contributed by atoms with Crippen LogP contribution in [0.25, 0.3) is 0 Å². The molecule has 6 heteroatoms. The van der Waals surface area contributed by atoms with Crippen molar-refractivity contribution in [2.24, 2.45) is 0 Å². The first-order valence-corrected chi connectivity index (χ1v) is 4.94. The number of aliphatic hydroxyl groups is 1. The van der Waals surface area contributed by atoms with Gasteiger partial charge in [-0.2, -0.15) is 0 Å². The fraction of sp³-hybridized carbons (Fsp3) is 0.556. The van der Waals surface area contributed by atoms with Crippen molar-refractivity contribution in [3.05, 3.63) is 16.7 Å². The van der Waals surface area contributed by atoms with E-state index >= 15 is 0 Å². The summed E-state index contributed by atoms with van der Waals surface area (Å²) in [7, 11) is 0. The van der Waals surface area contributed by atoms with Crippen LogP contribution in [-0.4, -0.2) is 34.3 Å². The minimum Gasteiger partial charge on any atom is -0.393 e. The fourth-order valence-electron chi connectivity index (χ4n) is 1.73. The molecule has 0 radical (unpaired) electrons. The van der Waals surface area contributed by atoms with Crippen molar-refractivity contribution in [3.63, 3.8) is 0 Å². The Kier molecular flexibility index (Phi) is 2.59. The number of nitrogen functional groups attached to an aromatic ring is 1. The van der Waals surface area contributed by atoms with E-state index in [1.807, 2.05) is 4.90 Å². The van der Waals surface area contributed by atoms with E-state index in [4.69, 9.17) is 5.73 Å². The number of piperidine rings is 1. The Morgan fingerprint density at radius 2 is 2.20 bits per heavy atom. The first-order valence-electron chi connectivity index (χ1n) is 4.94. The standard InChI is InChI=1S/C9H14N4O2/c10-7-8(11-5-12-9(7)15)13-3-1-6(14)2-4-13/h5-6,14H,1-4,10H2,(H,11,12,15). The second-order valence-corrected chi connectivity index (χ2v) is 3.69. The maximum Gasteiger partial charge on any atom is 0.276 e. The summed E-state index contributed by atoms with van der Waals surface area (Å²) in [6, 6.07) is 0. The summed E-state index contributed by atoms with van der Waals surface area (Å²) in [5.74, 6) is 0.519. The van der Waals surface area contributed by atoms with Gasteiger partial charge in [0.05, 0.1) is 12.4 Å². The number of nitrogens with two attached hydrogens (primary N) is 1. The van der Waals surface area contributed by atoms with Gasteiger partial charge in [-0.1, -0.05) is 0 Å². The first-order chi connectivity index (χ1) is 7.18. The van der Waals surface area contributed by atoms with E-state index in [9.17, 15) is 9.90 Å². The SMILES string of the molecule is Nc1c(N2CCC(O)CC2)nc[nH]c1=O. The second-order valence-electron chi connectivity index (χ2n) is 3.69. The van der Waals surface area contributed by atoms with E-state index in [2.05, 4.69) is 9.97 Å². The molecule has 4 N–H and O–H groups in total. The van der Waals surface area contributed by atoms with Gasteiger partial charge in [-0.3, -0.25) is 4.79 Å². The van der Waals surface area contributed by atoms with Crippen LogP contribution in [0.4, 0.5) is 11.5 Å². The normalized spacial score (nSPS) is 18.1. The Labute approximate surface area is 86.7 Å². The second kappa shape index (κ2) is 3.90. The molecule has 0 atom stereocenters. The maximum absolute atomic E-state index is 11.3. The lowest BCUT2D eigenvalue weighted by Gasteiger charge is -2.30. The quantitative estimate of drug-likeness (QED) is 0.570. The van der Waals surface area contributed by atoms with Gasteiger partial charge in [-0.25, -0.2) is 4.98 Å². The highest BCUT2D eigenvalue weighted by Gasteiger charge is 2.20. The Morgan fingerprint density at radius 1 is 1.53 bits per heavy atom. The summed E-state index contributed by atoms with van der Waals surface area (Å²) < 4.78 is 0. The van der Waals surface area contributed by atoms with Crippen molar-refractivity contribution in [1.82, 2.24) is 9.97 Å². The van der Waals surface area contributed by atoms with Crippen molar-refractivity contribution in [2.45, 2.75) is 18.9 Å². The van der Waals surface area contributed by atoms with Gasteiger partial charge >= 0.3 is 0 Å². The number of aliphatic hydroxyl groups excluding tert-OH is 1. The molecule has 1 aliphatic rings. The molecule has 0 spiro atoms. The van der Waals surface area contributed by atoms with E-state index in [0.717, 1.165) is 0 Å². The number of H-pyrrole nitrogens is 1. The van der Waals surface area contributed by atoms with E-state index in [1.165, 1.54) is 6.33 Å². The number of hydrogen-bond acceptors (Lipinski definition) is 5. The van der Waals surface area contributed by atoms with E-state index in [1.54, 1.807) is 0 Å². The molecule has 82 valence electrons. The minimum absolute atomic E-state index is 0.147. The van der Waals surface area contributed by atoms with Crippen LogP contribution in [0, 0.1) is 0 Å². The molecule has 0 amide bonds. The van der Waals surface area contributed by atoms with E-state index < -0.39 is 0 Å². The van der Waals surface area contributed by atoms with Gasteiger partial charge in [0.25, 0.3) is 5.56 Å². The molecule has 1 aliphatic heterocycles. The maximum atomic E-state index is 11.3. The molecular weight excluding hydrogens is 196 g/mol. The summed E-state index contributed by atoms with van der Waals surface area (Å²) in [4.78, 5) is 19.6. The molecule has 1 saturated heterocycles. The molecule has 0 saturated carbocycles. The van der Waals surface area contributed by atoms with Crippen molar-refractivity contribution in [3.8, 4) is 0 Å². The predicted molar refractivity (Wildman–Crippen MR) is 56.7 cm³/mol. The highest BCUT2D eigenvalue weighted by molar-refractivity contribution is 5.60. The summed E-state index contributed by atoms with van der Waals surface area (Å²) in [5, 5.41) is 9.35. The lowest BCUT2D eigenvalue weighted by atomic mass is 10.1. The number of aromatic nitrogens is 2. The summed E-state index contributed by atoms with van der Waals surface area (Å²) in [6.07, 6.45) is 2.48. The van der Waals surface area contributed by atoms with Gasteiger partial charge in [0.2, 0.25) is 0 Å². The molecule has 2 heterocycles. The predicted octanol–water partition coefficient (Wildman–Crippen LogP) is -0.687. The highest BCUT2D eigenvalue weighted by atomic mass is 16.3. The lowest BCUT2D eigenvalue weighted by Crippen LogP contribution is -2.37. The molecule has 15 heavy (non-hydrogen) atoms. The van der Waals surface area contributed by atoms with E-state index in [0.29, 0.717) is 31.7 Å². The third kappa shape index (κ3) is 1.94. The Balaban J connectivity index is 2.23. The smallest absolute Gasteiger partial charge is 0.276 e. The van der Waals surface area contributed by atoms with Crippen LogP contribution >= 0.6 is 0 Å². The van der Waals surface area contributed by atoms with Gasteiger partial charge in [0.15, 0.2) is 5.82 Å². The monoisotopic (exact) mass is 210 g/mol. The van der Waals surface area contributed by atoms with E-state index in [-0.39, 0.29) is 17.4 Å². The molecular formula is C9H14N4O2. The Bertz CT molecular complexity index is 395. The topological polar surface area (TPSA) is 95.2 Å². The Morgan fingerprint density at radius 3 is 2.87 bits per heavy atom. The summed E-state index contributed by atoms with van der Waals surface area (Å²) in [5.41, 5.74) is 5.47. The van der Waals surface area contributed by atoms with Crippen molar-refractivity contribution < 1.29 is 5.11 Å². The molecule has 1 aromatic rings. The van der Waals surface area contributed by atoms with Crippen LogP contribution < -0.4 is 16.2 Å². The molecule has 1 fully saturated rings. The number of anilines is 2. The van der Waals surface area contributed by atoms with Crippen LogP contribution in [-0.2, 0) is 0 Å². The number of nitrogens with zero attached hydrogens (tertiary/aromatic N) is 2. The zero-order chi connectivity index (χ0) is 10.8. The van der Waals surface area contributed by atoms with Gasteiger partial charge < -0.3 is 20.7 Å². The molecule has 0 aromatic carbocycles. The van der Waals surface area contributed by atoms with Crippen molar-refractivity contribution >= 4 is 11.5 Å². The molecule has 0 bridgehead atoms. The largest absolute Gasteiger partial charge is 0.393 e. The first kappa shape index (κ1) is 9.97. The number of aromatic amines is 1. The molecule has 1 aromatic heterocycles. The average Bonchev–Trinajstić information content (AvgIpc) is 2.24. The zero-order valence-electron chi connectivity index (χ0n) is 8.31. The third-order valence-electron chi connectivity index (χ3n) is 2.63. The number of hydrogen-bond donors (Lipinski definition) is 3. The summed E-state index contributed by atoms with van der Waals surface area (Å²) in [6.45, 7) is 1.36. The average molecular weight is 210 g/mol. The van der Waals surface area contributed by atoms with Crippen molar-refractivity contribution in [2.75, 3.05) is 23.7 Å².